The lowest BCUT2D eigenvalue weighted by Crippen LogP contribution is -2.27. The average Bonchev–Trinajstić information content (AvgIpc) is 2.77. The molecule has 2 N–H and O–H groups in total. The molecule has 100 valence electrons. The number of aromatic nitrogens is 1. The standard InChI is InChI=1S/C13H14ClN3OS/c1-17(7-9-4-2-3-5-11(9)14)12(18)6-10-8-19-13(15)16-10/h2-5,8H,6-7H2,1H3,(H2,15,16). The molecular formula is C13H14ClN3OS. The van der Waals surface area contributed by atoms with Crippen molar-refractivity contribution in [1.82, 2.24) is 9.88 Å². The van der Waals surface area contributed by atoms with E-state index in [0.717, 1.165) is 5.56 Å². The Bertz CT molecular complexity index is 585. The molecule has 19 heavy (non-hydrogen) atoms. The molecule has 2 rings (SSSR count). The van der Waals surface area contributed by atoms with Crippen LogP contribution in [0.1, 0.15) is 11.3 Å². The summed E-state index contributed by atoms with van der Waals surface area (Å²) in [5.41, 5.74) is 7.17. The fourth-order valence-electron chi connectivity index (χ4n) is 1.66. The van der Waals surface area contributed by atoms with E-state index in [2.05, 4.69) is 4.98 Å². The molecule has 0 unspecified atom stereocenters. The number of hydrogen-bond donors (Lipinski definition) is 1. The summed E-state index contributed by atoms with van der Waals surface area (Å²) < 4.78 is 0. The quantitative estimate of drug-likeness (QED) is 0.943. The van der Waals surface area contributed by atoms with Crippen LogP contribution >= 0.6 is 22.9 Å². The largest absolute Gasteiger partial charge is 0.375 e. The van der Waals surface area contributed by atoms with Gasteiger partial charge in [0, 0.05) is 24.0 Å². The summed E-state index contributed by atoms with van der Waals surface area (Å²) in [6, 6.07) is 7.50. The number of carbonyl (C=O) groups is 1. The number of halogens is 1. The molecule has 0 atom stereocenters. The fraction of sp³-hybridized carbons (Fsp3) is 0.231. The van der Waals surface area contributed by atoms with Crippen molar-refractivity contribution in [3.8, 4) is 0 Å². The van der Waals surface area contributed by atoms with E-state index in [1.807, 2.05) is 24.3 Å². The zero-order valence-electron chi connectivity index (χ0n) is 10.5. The first-order valence-electron chi connectivity index (χ1n) is 5.73. The summed E-state index contributed by atoms with van der Waals surface area (Å²) >= 11 is 7.41. The maximum atomic E-state index is 12.0. The number of likely N-dealkylation sites (N-methyl/N-ethyl adjacent to an activating group) is 1. The van der Waals surface area contributed by atoms with Crippen LogP contribution in [0.3, 0.4) is 0 Å². The number of benzene rings is 1. The molecule has 0 aliphatic heterocycles. The van der Waals surface area contributed by atoms with Crippen LogP contribution in [0.2, 0.25) is 5.02 Å². The Morgan fingerprint density at radius 3 is 2.84 bits per heavy atom. The van der Waals surface area contributed by atoms with Crippen LogP contribution in [0, 0.1) is 0 Å². The monoisotopic (exact) mass is 295 g/mol. The Hall–Kier alpha value is -1.59. The predicted molar refractivity (Wildman–Crippen MR) is 78.2 cm³/mol. The molecule has 0 radical (unpaired) electrons. The van der Waals surface area contributed by atoms with Gasteiger partial charge in [0.25, 0.3) is 0 Å². The number of anilines is 1. The molecule has 0 aliphatic carbocycles. The van der Waals surface area contributed by atoms with Gasteiger partial charge in [0.15, 0.2) is 5.13 Å². The number of nitrogens with zero attached hydrogens (tertiary/aromatic N) is 2. The van der Waals surface area contributed by atoms with Crippen LogP contribution in [0.5, 0.6) is 0 Å². The summed E-state index contributed by atoms with van der Waals surface area (Å²) in [7, 11) is 1.75. The van der Waals surface area contributed by atoms with Crippen molar-refractivity contribution in [1.29, 1.82) is 0 Å². The maximum absolute atomic E-state index is 12.0. The highest BCUT2D eigenvalue weighted by atomic mass is 35.5. The number of hydrogen-bond acceptors (Lipinski definition) is 4. The van der Waals surface area contributed by atoms with Gasteiger partial charge in [0.2, 0.25) is 5.91 Å². The van der Waals surface area contributed by atoms with Crippen LogP contribution < -0.4 is 5.73 Å². The van der Waals surface area contributed by atoms with Crippen LogP contribution in [0.4, 0.5) is 5.13 Å². The van der Waals surface area contributed by atoms with E-state index in [4.69, 9.17) is 17.3 Å². The molecule has 0 saturated carbocycles. The molecule has 0 fully saturated rings. The third-order valence-electron chi connectivity index (χ3n) is 2.69. The molecule has 1 aromatic carbocycles. The van der Waals surface area contributed by atoms with Gasteiger partial charge in [-0.05, 0) is 11.6 Å². The van der Waals surface area contributed by atoms with E-state index in [0.29, 0.717) is 22.4 Å². The average molecular weight is 296 g/mol. The molecular weight excluding hydrogens is 282 g/mol. The Kier molecular flexibility index (Phi) is 4.39. The zero-order valence-corrected chi connectivity index (χ0v) is 12.0. The SMILES string of the molecule is CN(Cc1ccccc1Cl)C(=O)Cc1csc(N)n1. The third-order valence-corrected chi connectivity index (χ3v) is 3.78. The van der Waals surface area contributed by atoms with E-state index in [1.54, 1.807) is 17.3 Å². The molecule has 0 spiro atoms. The van der Waals surface area contributed by atoms with Gasteiger partial charge in [-0.2, -0.15) is 0 Å². The summed E-state index contributed by atoms with van der Waals surface area (Å²) in [5.74, 6) is -0.00906. The topological polar surface area (TPSA) is 59.2 Å². The van der Waals surface area contributed by atoms with Gasteiger partial charge in [0.1, 0.15) is 0 Å². The van der Waals surface area contributed by atoms with Crippen LogP contribution in [0.15, 0.2) is 29.6 Å². The smallest absolute Gasteiger partial charge is 0.228 e. The molecule has 1 amide bonds. The van der Waals surface area contributed by atoms with E-state index in [1.165, 1.54) is 11.3 Å². The first kappa shape index (κ1) is 13.8. The molecule has 4 nitrogen and oxygen atoms in total. The molecule has 0 saturated heterocycles. The highest BCUT2D eigenvalue weighted by Crippen LogP contribution is 2.17. The second-order valence-electron chi connectivity index (χ2n) is 4.20. The van der Waals surface area contributed by atoms with E-state index in [9.17, 15) is 4.79 Å². The lowest BCUT2D eigenvalue weighted by molar-refractivity contribution is -0.129. The van der Waals surface area contributed by atoms with Gasteiger partial charge in [0.05, 0.1) is 12.1 Å². The van der Waals surface area contributed by atoms with Gasteiger partial charge in [-0.25, -0.2) is 4.98 Å². The Balaban J connectivity index is 1.98. The van der Waals surface area contributed by atoms with Gasteiger partial charge >= 0.3 is 0 Å². The summed E-state index contributed by atoms with van der Waals surface area (Å²) in [6.45, 7) is 0.484. The second-order valence-corrected chi connectivity index (χ2v) is 5.49. The molecule has 6 heteroatoms. The minimum Gasteiger partial charge on any atom is -0.375 e. The summed E-state index contributed by atoms with van der Waals surface area (Å²) in [4.78, 5) is 17.8. The highest BCUT2D eigenvalue weighted by molar-refractivity contribution is 7.13. The molecule has 0 bridgehead atoms. The summed E-state index contributed by atoms with van der Waals surface area (Å²) in [5, 5.41) is 2.95. The van der Waals surface area contributed by atoms with Crippen molar-refractivity contribution >= 4 is 34.0 Å². The number of thiazole rings is 1. The van der Waals surface area contributed by atoms with Crippen molar-refractivity contribution in [2.45, 2.75) is 13.0 Å². The van der Waals surface area contributed by atoms with Crippen molar-refractivity contribution in [2.24, 2.45) is 0 Å². The molecule has 1 heterocycles. The van der Waals surface area contributed by atoms with Crippen molar-refractivity contribution < 1.29 is 4.79 Å². The van der Waals surface area contributed by atoms with Gasteiger partial charge in [-0.3, -0.25) is 4.79 Å². The minimum atomic E-state index is -0.00906. The van der Waals surface area contributed by atoms with Gasteiger partial charge in [-0.1, -0.05) is 29.8 Å². The number of carbonyl (C=O) groups excluding carboxylic acids is 1. The van der Waals surface area contributed by atoms with Gasteiger partial charge in [-0.15, -0.1) is 11.3 Å². The van der Waals surface area contributed by atoms with Crippen molar-refractivity contribution in [2.75, 3.05) is 12.8 Å². The van der Waals surface area contributed by atoms with Crippen molar-refractivity contribution in [3.05, 3.63) is 45.9 Å². The fourth-order valence-corrected chi connectivity index (χ4v) is 2.42. The van der Waals surface area contributed by atoms with Crippen LogP contribution in [-0.4, -0.2) is 22.8 Å². The van der Waals surface area contributed by atoms with E-state index >= 15 is 0 Å². The Morgan fingerprint density at radius 1 is 1.47 bits per heavy atom. The maximum Gasteiger partial charge on any atom is 0.228 e. The highest BCUT2D eigenvalue weighted by Gasteiger charge is 2.13. The van der Waals surface area contributed by atoms with Crippen molar-refractivity contribution in [3.63, 3.8) is 0 Å². The van der Waals surface area contributed by atoms with Crippen LogP contribution in [0.25, 0.3) is 0 Å². The predicted octanol–water partition coefficient (Wildman–Crippen LogP) is 2.58. The number of amides is 1. The minimum absolute atomic E-state index is 0.00906. The second kappa shape index (κ2) is 6.04. The Morgan fingerprint density at radius 2 is 2.21 bits per heavy atom. The molecule has 1 aromatic heterocycles. The van der Waals surface area contributed by atoms with Gasteiger partial charge < -0.3 is 10.6 Å². The first-order valence-corrected chi connectivity index (χ1v) is 6.99. The van der Waals surface area contributed by atoms with Crippen LogP contribution in [-0.2, 0) is 17.8 Å². The third kappa shape index (κ3) is 3.68. The number of nitrogen functional groups attached to an aromatic ring is 1. The lowest BCUT2D eigenvalue weighted by atomic mass is 10.2. The number of rotatable bonds is 4. The zero-order chi connectivity index (χ0) is 13.8. The molecule has 2 aromatic rings. The lowest BCUT2D eigenvalue weighted by Gasteiger charge is -2.17. The molecule has 0 aliphatic rings. The van der Waals surface area contributed by atoms with E-state index in [-0.39, 0.29) is 12.3 Å². The first-order chi connectivity index (χ1) is 9.06. The Labute approximate surface area is 120 Å². The summed E-state index contributed by atoms with van der Waals surface area (Å²) in [6.07, 6.45) is 0.259. The normalized spacial score (nSPS) is 10.4. The number of nitrogens with two attached hydrogens (primary N) is 1. The van der Waals surface area contributed by atoms with E-state index < -0.39 is 0 Å².